The highest BCUT2D eigenvalue weighted by molar-refractivity contribution is 5.78. The number of amides is 1. The number of carbonyl (C=O) groups excluding carboxylic acids is 1. The first kappa shape index (κ1) is 16.5. The molecule has 2 rings (SSSR count). The van der Waals surface area contributed by atoms with Crippen LogP contribution in [0.4, 0.5) is 0 Å². The largest absolute Gasteiger partial charge is 0.351 e. The average molecular weight is 300 g/mol. The van der Waals surface area contributed by atoms with Crippen molar-refractivity contribution >= 4 is 5.91 Å². The van der Waals surface area contributed by atoms with E-state index in [0.717, 1.165) is 44.7 Å². The standard InChI is InChI=1S/C17H24N4O/c18-8-4-5-9-20-10-12-21(13-11-20)15-17(22)19-14-16-6-2-1-3-7-16/h1-3,6-7H,4-5,9-15H2,(H,19,22). The molecule has 0 bridgehead atoms. The summed E-state index contributed by atoms with van der Waals surface area (Å²) in [5.74, 6) is 0.0850. The first-order valence-electron chi connectivity index (χ1n) is 7.90. The minimum atomic E-state index is 0.0850. The van der Waals surface area contributed by atoms with Crippen LogP contribution >= 0.6 is 0 Å². The summed E-state index contributed by atoms with van der Waals surface area (Å²) in [6.07, 6.45) is 1.57. The Kier molecular flexibility index (Phi) is 6.88. The molecule has 22 heavy (non-hydrogen) atoms. The van der Waals surface area contributed by atoms with Gasteiger partial charge in [-0.3, -0.25) is 9.69 Å². The molecule has 1 aliphatic heterocycles. The van der Waals surface area contributed by atoms with Crippen molar-refractivity contribution in [2.24, 2.45) is 0 Å². The normalized spacial score (nSPS) is 16.1. The molecule has 0 radical (unpaired) electrons. The van der Waals surface area contributed by atoms with E-state index < -0.39 is 0 Å². The van der Waals surface area contributed by atoms with Gasteiger partial charge >= 0.3 is 0 Å². The lowest BCUT2D eigenvalue weighted by atomic mass is 10.2. The number of unbranched alkanes of at least 4 members (excludes halogenated alkanes) is 1. The Bertz CT molecular complexity index is 489. The second-order valence-electron chi connectivity index (χ2n) is 5.64. The first-order valence-corrected chi connectivity index (χ1v) is 7.90. The average Bonchev–Trinajstić information content (AvgIpc) is 2.56. The van der Waals surface area contributed by atoms with Crippen molar-refractivity contribution in [3.05, 3.63) is 35.9 Å². The maximum Gasteiger partial charge on any atom is 0.234 e. The van der Waals surface area contributed by atoms with E-state index in [4.69, 9.17) is 5.26 Å². The van der Waals surface area contributed by atoms with Gasteiger partial charge in [0, 0.05) is 39.1 Å². The lowest BCUT2D eigenvalue weighted by molar-refractivity contribution is -0.122. The van der Waals surface area contributed by atoms with Crippen LogP contribution in [0.5, 0.6) is 0 Å². The minimum absolute atomic E-state index is 0.0850. The van der Waals surface area contributed by atoms with Crippen LogP contribution in [0.25, 0.3) is 0 Å². The van der Waals surface area contributed by atoms with Gasteiger partial charge in [0.05, 0.1) is 12.6 Å². The van der Waals surface area contributed by atoms with E-state index in [1.54, 1.807) is 0 Å². The number of nitriles is 1. The Morgan fingerprint density at radius 2 is 1.82 bits per heavy atom. The summed E-state index contributed by atoms with van der Waals surface area (Å²) in [5, 5.41) is 11.5. The zero-order chi connectivity index (χ0) is 15.6. The maximum absolute atomic E-state index is 12.0. The molecule has 1 aliphatic rings. The molecule has 0 spiro atoms. The Labute approximate surface area is 132 Å². The van der Waals surface area contributed by atoms with Gasteiger partial charge in [-0.1, -0.05) is 30.3 Å². The van der Waals surface area contributed by atoms with Gasteiger partial charge in [-0.15, -0.1) is 0 Å². The molecule has 0 atom stereocenters. The summed E-state index contributed by atoms with van der Waals surface area (Å²) in [5.41, 5.74) is 1.12. The quantitative estimate of drug-likeness (QED) is 0.769. The molecule has 1 fully saturated rings. The van der Waals surface area contributed by atoms with Crippen LogP contribution < -0.4 is 5.32 Å². The molecule has 118 valence electrons. The van der Waals surface area contributed by atoms with Gasteiger partial charge < -0.3 is 10.2 Å². The van der Waals surface area contributed by atoms with Crippen LogP contribution in [0.2, 0.25) is 0 Å². The number of benzene rings is 1. The van der Waals surface area contributed by atoms with Crippen molar-refractivity contribution < 1.29 is 4.79 Å². The number of hydrogen-bond acceptors (Lipinski definition) is 4. The van der Waals surface area contributed by atoms with Gasteiger partial charge in [-0.25, -0.2) is 0 Å². The van der Waals surface area contributed by atoms with E-state index in [1.807, 2.05) is 30.3 Å². The molecule has 1 amide bonds. The third-order valence-electron chi connectivity index (χ3n) is 3.93. The Morgan fingerprint density at radius 1 is 1.14 bits per heavy atom. The van der Waals surface area contributed by atoms with E-state index in [9.17, 15) is 4.79 Å². The number of nitrogens with one attached hydrogen (secondary N) is 1. The summed E-state index contributed by atoms with van der Waals surface area (Å²) in [7, 11) is 0. The third-order valence-corrected chi connectivity index (χ3v) is 3.93. The molecule has 0 aromatic heterocycles. The van der Waals surface area contributed by atoms with E-state index in [-0.39, 0.29) is 5.91 Å². The lowest BCUT2D eigenvalue weighted by Gasteiger charge is -2.34. The van der Waals surface area contributed by atoms with Crippen molar-refractivity contribution in [3.8, 4) is 6.07 Å². The van der Waals surface area contributed by atoms with E-state index >= 15 is 0 Å². The fraction of sp³-hybridized carbons (Fsp3) is 0.529. The van der Waals surface area contributed by atoms with Crippen molar-refractivity contribution in [1.82, 2.24) is 15.1 Å². The number of carbonyl (C=O) groups is 1. The van der Waals surface area contributed by atoms with Crippen molar-refractivity contribution in [2.75, 3.05) is 39.3 Å². The SMILES string of the molecule is N#CCCCN1CCN(CC(=O)NCc2ccccc2)CC1. The van der Waals surface area contributed by atoms with Crippen LogP contribution in [0.3, 0.4) is 0 Å². The number of hydrogen-bond donors (Lipinski definition) is 1. The predicted molar refractivity (Wildman–Crippen MR) is 86.0 cm³/mol. The van der Waals surface area contributed by atoms with E-state index in [1.165, 1.54) is 0 Å². The van der Waals surface area contributed by atoms with E-state index in [0.29, 0.717) is 19.5 Å². The second kappa shape index (κ2) is 9.19. The minimum Gasteiger partial charge on any atom is -0.351 e. The molecule has 1 heterocycles. The van der Waals surface area contributed by atoms with Gasteiger partial charge in [-0.2, -0.15) is 5.26 Å². The Morgan fingerprint density at radius 3 is 2.50 bits per heavy atom. The summed E-state index contributed by atoms with van der Waals surface area (Å²) in [6.45, 7) is 5.86. The molecule has 1 aromatic rings. The van der Waals surface area contributed by atoms with Crippen LogP contribution in [0.15, 0.2) is 30.3 Å². The van der Waals surface area contributed by atoms with Gasteiger partial charge in [-0.05, 0) is 18.5 Å². The fourth-order valence-electron chi connectivity index (χ4n) is 2.61. The van der Waals surface area contributed by atoms with Crippen molar-refractivity contribution in [2.45, 2.75) is 19.4 Å². The third kappa shape index (κ3) is 5.84. The molecular formula is C17H24N4O. The number of piperazine rings is 1. The molecule has 1 aromatic carbocycles. The van der Waals surface area contributed by atoms with Crippen LogP contribution in [-0.2, 0) is 11.3 Å². The first-order chi connectivity index (χ1) is 10.8. The molecule has 0 aliphatic carbocycles. The molecule has 1 saturated heterocycles. The monoisotopic (exact) mass is 300 g/mol. The summed E-state index contributed by atoms with van der Waals surface area (Å²) in [6, 6.07) is 12.1. The maximum atomic E-state index is 12.0. The Hall–Kier alpha value is -1.90. The highest BCUT2D eigenvalue weighted by Crippen LogP contribution is 2.03. The zero-order valence-electron chi connectivity index (χ0n) is 13.0. The predicted octanol–water partition coefficient (Wildman–Crippen LogP) is 1.22. The molecular weight excluding hydrogens is 276 g/mol. The molecule has 5 heteroatoms. The molecule has 0 saturated carbocycles. The lowest BCUT2D eigenvalue weighted by Crippen LogP contribution is -2.49. The van der Waals surface area contributed by atoms with Crippen molar-refractivity contribution in [1.29, 1.82) is 5.26 Å². The van der Waals surface area contributed by atoms with Crippen LogP contribution in [0, 0.1) is 11.3 Å². The van der Waals surface area contributed by atoms with Crippen LogP contribution in [-0.4, -0.2) is 55.0 Å². The van der Waals surface area contributed by atoms with Gasteiger partial charge in [0.1, 0.15) is 0 Å². The topological polar surface area (TPSA) is 59.4 Å². The second-order valence-corrected chi connectivity index (χ2v) is 5.64. The molecule has 1 N–H and O–H groups in total. The van der Waals surface area contributed by atoms with Crippen LogP contribution in [0.1, 0.15) is 18.4 Å². The number of nitrogens with zero attached hydrogens (tertiary/aromatic N) is 3. The van der Waals surface area contributed by atoms with Gasteiger partial charge in [0.2, 0.25) is 5.91 Å². The smallest absolute Gasteiger partial charge is 0.234 e. The molecule has 0 unspecified atom stereocenters. The fourth-order valence-corrected chi connectivity index (χ4v) is 2.61. The summed E-state index contributed by atoms with van der Waals surface area (Å²) in [4.78, 5) is 16.5. The summed E-state index contributed by atoms with van der Waals surface area (Å²) < 4.78 is 0. The van der Waals surface area contributed by atoms with E-state index in [2.05, 4.69) is 21.2 Å². The summed E-state index contributed by atoms with van der Waals surface area (Å²) >= 11 is 0. The highest BCUT2D eigenvalue weighted by atomic mass is 16.2. The Balaban J connectivity index is 1.61. The highest BCUT2D eigenvalue weighted by Gasteiger charge is 2.18. The van der Waals surface area contributed by atoms with Gasteiger partial charge in [0.25, 0.3) is 0 Å². The van der Waals surface area contributed by atoms with Crippen molar-refractivity contribution in [3.63, 3.8) is 0 Å². The zero-order valence-corrected chi connectivity index (χ0v) is 13.0. The molecule has 5 nitrogen and oxygen atoms in total. The van der Waals surface area contributed by atoms with Gasteiger partial charge in [0.15, 0.2) is 0 Å². The number of rotatable bonds is 7.